The van der Waals surface area contributed by atoms with Gasteiger partial charge in [0, 0.05) is 25.2 Å². The van der Waals surface area contributed by atoms with E-state index >= 15 is 0 Å². The van der Waals surface area contributed by atoms with Crippen LogP contribution in [0.25, 0.3) is 11.1 Å². The molecule has 0 aliphatic carbocycles. The van der Waals surface area contributed by atoms with Crippen LogP contribution in [0.4, 0.5) is 5.82 Å². The summed E-state index contributed by atoms with van der Waals surface area (Å²) in [5.41, 5.74) is 3.75. The van der Waals surface area contributed by atoms with Crippen LogP contribution in [0, 0.1) is 6.92 Å². The highest BCUT2D eigenvalue weighted by molar-refractivity contribution is 7.97. The van der Waals surface area contributed by atoms with Crippen molar-refractivity contribution >= 4 is 16.0 Å². The molecule has 0 bridgehead atoms. The Morgan fingerprint density at radius 3 is 2.52 bits per heavy atom. The molecule has 1 aromatic heterocycles. The lowest BCUT2D eigenvalue weighted by molar-refractivity contribution is 0.484. The van der Waals surface area contributed by atoms with Crippen LogP contribution in [0.1, 0.15) is 17.7 Å². The van der Waals surface area contributed by atoms with E-state index in [9.17, 15) is 8.76 Å². The van der Waals surface area contributed by atoms with Gasteiger partial charge in [0.05, 0.1) is 21.5 Å². The van der Waals surface area contributed by atoms with Crippen LogP contribution in [-0.2, 0) is 27.5 Å². The fraction of sp³-hybridized carbons (Fsp3) is 0.286. The van der Waals surface area contributed by atoms with Gasteiger partial charge in [0.25, 0.3) is 0 Å². The zero-order valence-corrected chi connectivity index (χ0v) is 16.4. The lowest BCUT2D eigenvalue weighted by Gasteiger charge is -2.31. The van der Waals surface area contributed by atoms with Gasteiger partial charge in [-0.2, -0.15) is 5.10 Å². The fourth-order valence-electron chi connectivity index (χ4n) is 3.83. The maximum absolute atomic E-state index is 12.4. The van der Waals surface area contributed by atoms with Gasteiger partial charge in [-0.1, -0.05) is 42.5 Å². The molecule has 0 saturated heterocycles. The molecular formula is C21H23N3O2S. The molecule has 6 heteroatoms. The Bertz CT molecular complexity index is 1010. The average Bonchev–Trinajstić information content (AvgIpc) is 2.98. The normalized spacial score (nSPS) is 16.0. The molecule has 0 radical (unpaired) electrons. The molecule has 0 fully saturated rings. The Kier molecular flexibility index (Phi) is 4.61. The lowest BCUT2D eigenvalue weighted by atomic mass is 10.0. The Morgan fingerprint density at radius 1 is 1.07 bits per heavy atom. The number of aryl methyl sites for hydroxylation is 2. The summed E-state index contributed by atoms with van der Waals surface area (Å²) in [7, 11) is -3.33. The van der Waals surface area contributed by atoms with Crippen molar-refractivity contribution in [3.8, 4) is 11.1 Å². The predicted octanol–water partition coefficient (Wildman–Crippen LogP) is 3.89. The van der Waals surface area contributed by atoms with Crippen molar-refractivity contribution < 1.29 is 8.76 Å². The Labute approximate surface area is 160 Å². The van der Waals surface area contributed by atoms with Crippen LogP contribution in [0.2, 0.25) is 0 Å². The van der Waals surface area contributed by atoms with Crippen LogP contribution in [0.15, 0.2) is 59.5 Å². The third-order valence-corrected chi connectivity index (χ3v) is 6.13. The monoisotopic (exact) mass is 381 g/mol. The summed E-state index contributed by atoms with van der Waals surface area (Å²) >= 11 is 0. The van der Waals surface area contributed by atoms with Gasteiger partial charge < -0.3 is 9.45 Å². The minimum atomic E-state index is -3.33. The van der Waals surface area contributed by atoms with Crippen molar-refractivity contribution in [2.24, 2.45) is 0 Å². The third-order valence-electron chi connectivity index (χ3n) is 4.97. The number of anilines is 1. The maximum atomic E-state index is 12.4. The molecular weight excluding hydrogens is 358 g/mol. The molecule has 1 aliphatic rings. The third kappa shape index (κ3) is 3.42. The van der Waals surface area contributed by atoms with Crippen LogP contribution in [0.5, 0.6) is 0 Å². The number of hydrogen-bond acceptors (Lipinski definition) is 4. The van der Waals surface area contributed by atoms with Gasteiger partial charge in [-0.25, -0.2) is 4.68 Å². The lowest BCUT2D eigenvalue weighted by Crippen LogP contribution is -2.32. The second-order valence-corrected chi connectivity index (χ2v) is 9.02. The van der Waals surface area contributed by atoms with Gasteiger partial charge in [0.1, 0.15) is 12.1 Å². The van der Waals surface area contributed by atoms with Crippen LogP contribution in [0.3, 0.4) is 0 Å². The highest BCUT2D eigenvalue weighted by Crippen LogP contribution is 2.40. The van der Waals surface area contributed by atoms with E-state index in [1.54, 1.807) is 12.1 Å². The highest BCUT2D eigenvalue weighted by atomic mass is 32.3. The first kappa shape index (κ1) is 17.9. The van der Waals surface area contributed by atoms with Crippen molar-refractivity contribution in [2.75, 3.05) is 17.7 Å². The molecule has 2 heterocycles. The summed E-state index contributed by atoms with van der Waals surface area (Å²) in [6.45, 7) is 4.51. The summed E-state index contributed by atoms with van der Waals surface area (Å²) in [5.74, 6) is 1.01. The van der Waals surface area contributed by atoms with E-state index in [0.29, 0.717) is 4.90 Å². The quantitative estimate of drug-likeness (QED) is 0.643. The Hall–Kier alpha value is -2.44. The van der Waals surface area contributed by atoms with Crippen LogP contribution in [-0.4, -0.2) is 27.1 Å². The molecule has 27 heavy (non-hydrogen) atoms. The molecule has 0 N–H and O–H groups in total. The largest absolute Gasteiger partial charge is 0.610 e. The smallest absolute Gasteiger partial charge is 0.163 e. The number of fused-ring (bicyclic) bond motifs is 1. The van der Waals surface area contributed by atoms with E-state index in [1.807, 2.05) is 41.9 Å². The van der Waals surface area contributed by atoms with Gasteiger partial charge in [-0.15, -0.1) is 4.21 Å². The predicted molar refractivity (Wildman–Crippen MR) is 108 cm³/mol. The van der Waals surface area contributed by atoms with Crippen molar-refractivity contribution in [1.82, 2.24) is 9.78 Å². The molecule has 1 atom stereocenters. The van der Waals surface area contributed by atoms with E-state index in [4.69, 9.17) is 5.10 Å². The summed E-state index contributed by atoms with van der Waals surface area (Å²) in [6, 6.07) is 17.6. The van der Waals surface area contributed by atoms with Crippen molar-refractivity contribution in [2.45, 2.75) is 31.3 Å². The summed E-state index contributed by atoms with van der Waals surface area (Å²) in [5, 5.41) is 4.72. The molecule has 3 aromatic rings. The number of rotatable bonds is 4. The zero-order chi connectivity index (χ0) is 19.0. The van der Waals surface area contributed by atoms with Gasteiger partial charge in [-0.3, -0.25) is 0 Å². The molecule has 0 spiro atoms. The molecule has 140 valence electrons. The topological polar surface area (TPSA) is 61.2 Å². The average molecular weight is 382 g/mol. The van der Waals surface area contributed by atoms with Gasteiger partial charge >= 0.3 is 0 Å². The van der Waals surface area contributed by atoms with Crippen molar-refractivity contribution in [1.29, 1.82) is 0 Å². The standard InChI is InChI=1S/C21H23N3O2S/c1-16-20(18-11-6-7-12-19(18)27(2,25)26)21-23(13-8-14-24(21)22-16)15-17-9-4-3-5-10-17/h3-7,9-12H,8,13-15H2,1-2H3. The molecule has 2 aromatic carbocycles. The highest BCUT2D eigenvalue weighted by Gasteiger charge is 2.29. The van der Waals surface area contributed by atoms with E-state index < -0.39 is 10.2 Å². The molecule has 0 amide bonds. The Balaban J connectivity index is 1.86. The second kappa shape index (κ2) is 6.94. The summed E-state index contributed by atoms with van der Waals surface area (Å²) < 4.78 is 26.7. The van der Waals surface area contributed by atoms with Crippen LogP contribution >= 0.6 is 0 Å². The first-order valence-electron chi connectivity index (χ1n) is 9.11. The minimum Gasteiger partial charge on any atom is -0.610 e. The van der Waals surface area contributed by atoms with Crippen molar-refractivity contribution in [3.05, 3.63) is 65.9 Å². The van der Waals surface area contributed by atoms with E-state index in [0.717, 1.165) is 48.7 Å². The van der Waals surface area contributed by atoms with Gasteiger partial charge in [-0.05, 0) is 31.0 Å². The van der Waals surface area contributed by atoms with E-state index in [-0.39, 0.29) is 0 Å². The maximum Gasteiger partial charge on any atom is 0.163 e. The van der Waals surface area contributed by atoms with Gasteiger partial charge in [0.15, 0.2) is 4.90 Å². The zero-order valence-electron chi connectivity index (χ0n) is 15.6. The second-order valence-electron chi connectivity index (χ2n) is 7.04. The first-order chi connectivity index (χ1) is 12.9. The molecule has 1 aliphatic heterocycles. The fourth-order valence-corrected chi connectivity index (χ4v) is 4.73. The van der Waals surface area contributed by atoms with Crippen LogP contribution < -0.4 is 4.90 Å². The molecule has 1 unspecified atom stereocenters. The minimum absolute atomic E-state index is 0.356. The number of hydrogen-bond donors (Lipinski definition) is 0. The van der Waals surface area contributed by atoms with E-state index in [2.05, 4.69) is 17.0 Å². The summed E-state index contributed by atoms with van der Waals surface area (Å²) in [4.78, 5) is 2.67. The molecule has 5 nitrogen and oxygen atoms in total. The van der Waals surface area contributed by atoms with Crippen molar-refractivity contribution in [3.63, 3.8) is 0 Å². The Morgan fingerprint density at radius 2 is 1.78 bits per heavy atom. The number of aromatic nitrogens is 2. The number of nitrogens with zero attached hydrogens (tertiary/aromatic N) is 3. The number of sulfone groups is 1. The van der Waals surface area contributed by atoms with Gasteiger partial charge in [0.2, 0.25) is 0 Å². The molecule has 0 saturated carbocycles. The van der Waals surface area contributed by atoms with E-state index in [1.165, 1.54) is 11.8 Å². The molecule has 4 rings (SSSR count). The number of benzene rings is 2. The summed E-state index contributed by atoms with van der Waals surface area (Å²) in [6.07, 6.45) is 2.28. The SMILES string of the molecule is Cc1nn2c(c1-c1ccccc1[S+](C)(=O)[O-])N(Cc1ccccc1)CCC2. The first-order valence-corrected chi connectivity index (χ1v) is 11.0.